The van der Waals surface area contributed by atoms with Crippen LogP contribution in [0.3, 0.4) is 0 Å². The van der Waals surface area contributed by atoms with E-state index in [-0.39, 0.29) is 11.8 Å². The van der Waals surface area contributed by atoms with E-state index in [4.69, 9.17) is 11.6 Å². The molecule has 0 spiro atoms. The number of aryl methyl sites for hydroxylation is 1. The number of hydrogen-bond acceptors (Lipinski definition) is 4. The van der Waals surface area contributed by atoms with Crippen LogP contribution in [0.25, 0.3) is 10.6 Å². The number of aromatic nitrogens is 2. The van der Waals surface area contributed by atoms with E-state index in [1.54, 1.807) is 12.4 Å². The van der Waals surface area contributed by atoms with Gasteiger partial charge in [0, 0.05) is 35.4 Å². The summed E-state index contributed by atoms with van der Waals surface area (Å²) in [5.74, 6) is 0.694. The molecule has 2 aromatic heterocycles. The molecule has 0 saturated heterocycles. The first-order valence-corrected chi connectivity index (χ1v) is 10.5. The van der Waals surface area contributed by atoms with Crippen LogP contribution in [-0.2, 0) is 0 Å². The van der Waals surface area contributed by atoms with Crippen molar-refractivity contribution in [2.45, 2.75) is 33.1 Å². The maximum Gasteiger partial charge on any atom is 0.263 e. The second kappa shape index (κ2) is 9.30. The third-order valence-corrected chi connectivity index (χ3v) is 5.97. The number of rotatable bonds is 7. The van der Waals surface area contributed by atoms with Gasteiger partial charge in [-0.1, -0.05) is 37.6 Å². The number of amides is 1. The van der Waals surface area contributed by atoms with Gasteiger partial charge >= 0.3 is 0 Å². The van der Waals surface area contributed by atoms with Crippen LogP contribution in [-0.4, -0.2) is 22.4 Å². The van der Waals surface area contributed by atoms with Gasteiger partial charge in [-0.3, -0.25) is 9.78 Å². The van der Waals surface area contributed by atoms with Gasteiger partial charge in [-0.15, -0.1) is 11.3 Å². The van der Waals surface area contributed by atoms with E-state index < -0.39 is 0 Å². The molecule has 0 aliphatic carbocycles. The summed E-state index contributed by atoms with van der Waals surface area (Å²) in [4.78, 5) is 22.1. The smallest absolute Gasteiger partial charge is 0.263 e. The second-order valence-corrected chi connectivity index (χ2v) is 8.70. The lowest BCUT2D eigenvalue weighted by molar-refractivity contribution is 0.0953. The maximum absolute atomic E-state index is 12.8. The summed E-state index contributed by atoms with van der Waals surface area (Å²) < 4.78 is 0. The molecule has 28 heavy (non-hydrogen) atoms. The number of benzene rings is 1. The van der Waals surface area contributed by atoms with Crippen LogP contribution >= 0.6 is 22.9 Å². The van der Waals surface area contributed by atoms with Crippen LogP contribution in [0.15, 0.2) is 48.8 Å². The summed E-state index contributed by atoms with van der Waals surface area (Å²) in [6.45, 7) is 6.84. The quantitative estimate of drug-likeness (QED) is 0.538. The van der Waals surface area contributed by atoms with Gasteiger partial charge in [0.05, 0.1) is 5.69 Å². The van der Waals surface area contributed by atoms with Gasteiger partial charge in [0.1, 0.15) is 9.88 Å². The number of pyridine rings is 1. The highest BCUT2D eigenvalue weighted by molar-refractivity contribution is 7.17. The topological polar surface area (TPSA) is 54.9 Å². The van der Waals surface area contributed by atoms with E-state index >= 15 is 0 Å². The van der Waals surface area contributed by atoms with Gasteiger partial charge in [-0.05, 0) is 49.1 Å². The molecule has 1 amide bonds. The maximum atomic E-state index is 12.8. The van der Waals surface area contributed by atoms with Crippen LogP contribution in [0.2, 0.25) is 5.02 Å². The normalized spacial score (nSPS) is 12.2. The molecular weight excluding hydrogens is 390 g/mol. The third-order valence-electron chi connectivity index (χ3n) is 4.52. The molecule has 0 aliphatic heterocycles. The van der Waals surface area contributed by atoms with Crippen LogP contribution in [0.5, 0.6) is 0 Å². The van der Waals surface area contributed by atoms with Gasteiger partial charge in [0.25, 0.3) is 5.91 Å². The zero-order valence-corrected chi connectivity index (χ0v) is 17.8. The van der Waals surface area contributed by atoms with E-state index in [0.717, 1.165) is 27.7 Å². The number of nitrogens with one attached hydrogen (secondary N) is 1. The van der Waals surface area contributed by atoms with Crippen molar-refractivity contribution >= 4 is 28.8 Å². The molecule has 1 N–H and O–H groups in total. The number of thiazole rings is 1. The highest BCUT2D eigenvalue weighted by Gasteiger charge is 2.19. The van der Waals surface area contributed by atoms with Crippen LogP contribution in [0.4, 0.5) is 0 Å². The fraction of sp³-hybridized carbons (Fsp3) is 0.318. The Morgan fingerprint density at radius 1 is 1.21 bits per heavy atom. The van der Waals surface area contributed by atoms with Crippen molar-refractivity contribution < 1.29 is 4.79 Å². The minimum Gasteiger partial charge on any atom is -0.351 e. The van der Waals surface area contributed by atoms with E-state index in [2.05, 4.69) is 29.1 Å². The number of carbonyl (C=O) groups is 1. The molecule has 6 heteroatoms. The van der Waals surface area contributed by atoms with Gasteiger partial charge < -0.3 is 5.32 Å². The molecule has 0 saturated carbocycles. The SMILES string of the molecule is Cc1nc(-c2cccnc2)sc1C(=O)NCC(CC(C)C)c1ccc(Cl)cc1. The number of halogens is 1. The number of hydrogen-bond donors (Lipinski definition) is 1. The summed E-state index contributed by atoms with van der Waals surface area (Å²) in [6, 6.07) is 11.7. The molecule has 3 rings (SSSR count). The first-order chi connectivity index (χ1) is 13.4. The largest absolute Gasteiger partial charge is 0.351 e. The minimum absolute atomic E-state index is 0.0761. The predicted molar refractivity (Wildman–Crippen MR) is 116 cm³/mol. The first kappa shape index (κ1) is 20.5. The lowest BCUT2D eigenvalue weighted by Gasteiger charge is -2.20. The van der Waals surface area contributed by atoms with E-state index in [1.165, 1.54) is 16.9 Å². The zero-order chi connectivity index (χ0) is 20.1. The molecular formula is C22H24ClN3OS. The average Bonchev–Trinajstić information content (AvgIpc) is 3.08. The van der Waals surface area contributed by atoms with Crippen molar-refractivity contribution in [1.82, 2.24) is 15.3 Å². The van der Waals surface area contributed by atoms with E-state index in [0.29, 0.717) is 17.3 Å². The van der Waals surface area contributed by atoms with Gasteiger partial charge in [-0.2, -0.15) is 0 Å². The summed E-state index contributed by atoms with van der Waals surface area (Å²) in [7, 11) is 0. The van der Waals surface area contributed by atoms with Crippen molar-refractivity contribution in [3.63, 3.8) is 0 Å². The molecule has 146 valence electrons. The summed E-state index contributed by atoms with van der Waals surface area (Å²) in [6.07, 6.45) is 4.48. The second-order valence-electron chi connectivity index (χ2n) is 7.26. The van der Waals surface area contributed by atoms with Crippen LogP contribution < -0.4 is 5.32 Å². The van der Waals surface area contributed by atoms with E-state index in [9.17, 15) is 4.79 Å². The van der Waals surface area contributed by atoms with Crippen molar-refractivity contribution in [3.05, 3.63) is 69.9 Å². The lowest BCUT2D eigenvalue weighted by Crippen LogP contribution is -2.29. The summed E-state index contributed by atoms with van der Waals surface area (Å²) in [5, 5.41) is 4.64. The highest BCUT2D eigenvalue weighted by atomic mass is 35.5. The number of carbonyl (C=O) groups excluding carboxylic acids is 1. The molecule has 3 aromatic rings. The predicted octanol–water partition coefficient (Wildman–Crippen LogP) is 5.73. The molecule has 1 aromatic carbocycles. The molecule has 0 aliphatic rings. The fourth-order valence-corrected chi connectivity index (χ4v) is 4.26. The van der Waals surface area contributed by atoms with Crippen LogP contribution in [0.1, 0.15) is 47.1 Å². The van der Waals surface area contributed by atoms with Crippen molar-refractivity contribution in [1.29, 1.82) is 0 Å². The molecule has 1 atom stereocenters. The van der Waals surface area contributed by atoms with Crippen molar-refractivity contribution in [2.24, 2.45) is 5.92 Å². The molecule has 1 unspecified atom stereocenters. The Kier molecular flexibility index (Phi) is 6.81. The highest BCUT2D eigenvalue weighted by Crippen LogP contribution is 2.28. The third kappa shape index (κ3) is 5.18. The summed E-state index contributed by atoms with van der Waals surface area (Å²) >= 11 is 7.42. The Balaban J connectivity index is 1.72. The fourth-order valence-electron chi connectivity index (χ4n) is 3.16. The van der Waals surface area contributed by atoms with Crippen molar-refractivity contribution in [2.75, 3.05) is 6.54 Å². The molecule has 4 nitrogen and oxygen atoms in total. The molecule has 2 heterocycles. The van der Waals surface area contributed by atoms with Gasteiger partial charge in [0.2, 0.25) is 0 Å². The lowest BCUT2D eigenvalue weighted by atomic mass is 9.90. The average molecular weight is 414 g/mol. The molecule has 0 bridgehead atoms. The van der Waals surface area contributed by atoms with Gasteiger partial charge in [0.15, 0.2) is 0 Å². The Morgan fingerprint density at radius 2 is 1.96 bits per heavy atom. The zero-order valence-electron chi connectivity index (χ0n) is 16.3. The van der Waals surface area contributed by atoms with Gasteiger partial charge in [-0.25, -0.2) is 4.98 Å². The van der Waals surface area contributed by atoms with Crippen molar-refractivity contribution in [3.8, 4) is 10.6 Å². The monoisotopic (exact) mass is 413 g/mol. The van der Waals surface area contributed by atoms with E-state index in [1.807, 2.05) is 43.3 Å². The Morgan fingerprint density at radius 3 is 2.61 bits per heavy atom. The molecule has 0 fully saturated rings. The molecule has 0 radical (unpaired) electrons. The Hall–Kier alpha value is -2.24. The first-order valence-electron chi connectivity index (χ1n) is 9.35. The minimum atomic E-state index is -0.0761. The number of nitrogens with zero attached hydrogens (tertiary/aromatic N) is 2. The summed E-state index contributed by atoms with van der Waals surface area (Å²) in [5.41, 5.74) is 2.86. The standard InChI is InChI=1S/C22H24ClN3OS/c1-14(2)11-18(16-6-8-19(23)9-7-16)13-25-21(27)20-15(3)26-22(28-20)17-5-4-10-24-12-17/h4-10,12,14,18H,11,13H2,1-3H3,(H,25,27). The van der Waals surface area contributed by atoms with Crippen LogP contribution in [0, 0.1) is 12.8 Å². The Bertz CT molecular complexity index is 923. The Labute approximate surface area is 175 Å².